The topological polar surface area (TPSA) is 47.0 Å². The Bertz CT molecular complexity index is 531. The zero-order valence-electron chi connectivity index (χ0n) is 9.57. The minimum Gasteiger partial charge on any atom is -0.437 e. The molecule has 88 valence electrons. The van der Waals surface area contributed by atoms with Gasteiger partial charge in [0.15, 0.2) is 0 Å². The highest BCUT2D eigenvalue weighted by Crippen LogP contribution is 2.26. The summed E-state index contributed by atoms with van der Waals surface area (Å²) in [6.45, 7) is 1.93. The minimum atomic E-state index is 0.447. The molecule has 5 heteroatoms. The predicted octanol–water partition coefficient (Wildman–Crippen LogP) is 3.27. The highest BCUT2D eigenvalue weighted by atomic mass is 35.5. The van der Waals surface area contributed by atoms with Gasteiger partial charge in [-0.15, -0.1) is 0 Å². The average molecular weight is 250 g/mol. The van der Waals surface area contributed by atoms with Gasteiger partial charge >= 0.3 is 0 Å². The van der Waals surface area contributed by atoms with Crippen LogP contribution in [0.15, 0.2) is 30.6 Å². The fourth-order valence-corrected chi connectivity index (χ4v) is 1.58. The molecular weight excluding hydrogens is 238 g/mol. The lowest BCUT2D eigenvalue weighted by atomic mass is 10.2. The van der Waals surface area contributed by atoms with Crippen molar-refractivity contribution in [2.24, 2.45) is 0 Å². The molecule has 0 saturated heterocycles. The SMILES string of the molecule is CNc1cncc(Oc2ccc(Cl)cc2C)n1. The molecule has 0 aliphatic rings. The molecular formula is C12H12ClN3O. The molecule has 0 saturated carbocycles. The third-order valence-electron chi connectivity index (χ3n) is 2.22. The van der Waals surface area contributed by atoms with Gasteiger partial charge in [-0.3, -0.25) is 4.98 Å². The van der Waals surface area contributed by atoms with Gasteiger partial charge in [0.25, 0.3) is 0 Å². The van der Waals surface area contributed by atoms with E-state index in [1.807, 2.05) is 19.1 Å². The maximum absolute atomic E-state index is 5.87. The Morgan fingerprint density at radius 1 is 1.29 bits per heavy atom. The molecule has 0 aliphatic heterocycles. The van der Waals surface area contributed by atoms with E-state index < -0.39 is 0 Å². The number of nitrogens with zero attached hydrogens (tertiary/aromatic N) is 2. The van der Waals surface area contributed by atoms with Gasteiger partial charge in [-0.25, -0.2) is 0 Å². The fourth-order valence-electron chi connectivity index (χ4n) is 1.36. The number of benzene rings is 1. The van der Waals surface area contributed by atoms with Crippen LogP contribution in [0.2, 0.25) is 5.02 Å². The van der Waals surface area contributed by atoms with Gasteiger partial charge in [0.1, 0.15) is 11.6 Å². The Morgan fingerprint density at radius 2 is 2.12 bits per heavy atom. The van der Waals surface area contributed by atoms with Crippen molar-refractivity contribution in [2.75, 3.05) is 12.4 Å². The molecule has 4 nitrogen and oxygen atoms in total. The Hall–Kier alpha value is -1.81. The molecule has 0 unspecified atom stereocenters. The van der Waals surface area contributed by atoms with E-state index in [0.717, 1.165) is 11.3 Å². The number of nitrogens with one attached hydrogen (secondary N) is 1. The van der Waals surface area contributed by atoms with Crippen molar-refractivity contribution in [1.82, 2.24) is 9.97 Å². The number of hydrogen-bond donors (Lipinski definition) is 1. The fraction of sp³-hybridized carbons (Fsp3) is 0.167. The lowest BCUT2D eigenvalue weighted by molar-refractivity contribution is 0.457. The summed E-state index contributed by atoms with van der Waals surface area (Å²) in [4.78, 5) is 8.24. The van der Waals surface area contributed by atoms with Gasteiger partial charge in [0.05, 0.1) is 12.4 Å². The standard InChI is InChI=1S/C12H12ClN3O/c1-8-5-9(13)3-4-10(8)17-12-7-15-6-11(14-2)16-12/h3-7H,1-2H3,(H,14,16). The lowest BCUT2D eigenvalue weighted by Gasteiger charge is -2.08. The van der Waals surface area contributed by atoms with E-state index in [0.29, 0.717) is 16.7 Å². The van der Waals surface area contributed by atoms with Gasteiger partial charge in [-0.05, 0) is 30.7 Å². The number of halogens is 1. The Balaban J connectivity index is 2.25. The molecule has 0 atom stereocenters. The quantitative estimate of drug-likeness (QED) is 0.907. The minimum absolute atomic E-state index is 0.447. The van der Waals surface area contributed by atoms with Crippen molar-refractivity contribution in [3.05, 3.63) is 41.2 Å². The van der Waals surface area contributed by atoms with Crippen LogP contribution in [0.4, 0.5) is 5.82 Å². The maximum atomic E-state index is 5.87. The number of ether oxygens (including phenoxy) is 1. The van der Waals surface area contributed by atoms with E-state index in [1.54, 1.807) is 25.5 Å². The van der Waals surface area contributed by atoms with Crippen molar-refractivity contribution >= 4 is 17.4 Å². The molecule has 2 aromatic rings. The second-order valence-corrected chi connectivity index (χ2v) is 3.94. The monoisotopic (exact) mass is 249 g/mol. The molecule has 1 heterocycles. The maximum Gasteiger partial charge on any atom is 0.239 e. The number of rotatable bonds is 3. The second-order valence-electron chi connectivity index (χ2n) is 3.50. The summed E-state index contributed by atoms with van der Waals surface area (Å²) in [6, 6.07) is 5.43. The van der Waals surface area contributed by atoms with Crippen molar-refractivity contribution in [3.63, 3.8) is 0 Å². The molecule has 1 aromatic heterocycles. The Morgan fingerprint density at radius 3 is 2.82 bits per heavy atom. The highest BCUT2D eigenvalue weighted by Gasteiger charge is 2.04. The van der Waals surface area contributed by atoms with Crippen LogP contribution in [0.25, 0.3) is 0 Å². The van der Waals surface area contributed by atoms with Crippen LogP contribution >= 0.6 is 11.6 Å². The Kier molecular flexibility index (Phi) is 3.44. The van der Waals surface area contributed by atoms with Crippen LogP contribution in [0.1, 0.15) is 5.56 Å². The summed E-state index contributed by atoms with van der Waals surface area (Å²) in [5, 5.41) is 3.59. The normalized spacial score (nSPS) is 10.1. The number of anilines is 1. The number of aryl methyl sites for hydroxylation is 1. The molecule has 0 aliphatic carbocycles. The molecule has 0 amide bonds. The predicted molar refractivity (Wildman–Crippen MR) is 67.8 cm³/mol. The summed E-state index contributed by atoms with van der Waals surface area (Å²) >= 11 is 5.87. The summed E-state index contributed by atoms with van der Waals surface area (Å²) in [6.07, 6.45) is 3.19. The third kappa shape index (κ3) is 2.85. The van der Waals surface area contributed by atoms with Crippen molar-refractivity contribution in [3.8, 4) is 11.6 Å². The van der Waals surface area contributed by atoms with Crippen molar-refractivity contribution < 1.29 is 4.74 Å². The molecule has 0 radical (unpaired) electrons. The van der Waals surface area contributed by atoms with Crippen LogP contribution in [-0.4, -0.2) is 17.0 Å². The van der Waals surface area contributed by atoms with E-state index in [1.165, 1.54) is 0 Å². The molecule has 1 N–H and O–H groups in total. The molecule has 1 aromatic carbocycles. The highest BCUT2D eigenvalue weighted by molar-refractivity contribution is 6.30. The summed E-state index contributed by atoms with van der Waals surface area (Å²) in [5.74, 6) is 1.83. The van der Waals surface area contributed by atoms with E-state index in [-0.39, 0.29) is 0 Å². The van der Waals surface area contributed by atoms with Gasteiger partial charge in [0, 0.05) is 12.1 Å². The third-order valence-corrected chi connectivity index (χ3v) is 2.46. The van der Waals surface area contributed by atoms with Gasteiger partial charge in [-0.1, -0.05) is 11.6 Å². The lowest BCUT2D eigenvalue weighted by Crippen LogP contribution is -1.96. The first-order valence-electron chi connectivity index (χ1n) is 5.13. The van der Waals surface area contributed by atoms with E-state index in [2.05, 4.69) is 15.3 Å². The van der Waals surface area contributed by atoms with Crippen LogP contribution in [0, 0.1) is 6.92 Å². The van der Waals surface area contributed by atoms with Gasteiger partial charge in [0.2, 0.25) is 5.88 Å². The molecule has 2 rings (SSSR count). The second kappa shape index (κ2) is 5.01. The number of hydrogen-bond acceptors (Lipinski definition) is 4. The van der Waals surface area contributed by atoms with Gasteiger partial charge < -0.3 is 10.1 Å². The summed E-state index contributed by atoms with van der Waals surface area (Å²) in [5.41, 5.74) is 0.953. The van der Waals surface area contributed by atoms with Crippen molar-refractivity contribution in [2.45, 2.75) is 6.92 Å². The molecule has 0 spiro atoms. The first-order chi connectivity index (χ1) is 8.19. The van der Waals surface area contributed by atoms with Crippen molar-refractivity contribution in [1.29, 1.82) is 0 Å². The van der Waals surface area contributed by atoms with Crippen LogP contribution in [0.5, 0.6) is 11.6 Å². The molecule has 0 bridgehead atoms. The average Bonchev–Trinajstić information content (AvgIpc) is 2.33. The largest absolute Gasteiger partial charge is 0.437 e. The van der Waals surface area contributed by atoms with E-state index >= 15 is 0 Å². The van der Waals surface area contributed by atoms with Crippen LogP contribution in [-0.2, 0) is 0 Å². The van der Waals surface area contributed by atoms with Crippen LogP contribution < -0.4 is 10.1 Å². The molecule has 0 fully saturated rings. The van der Waals surface area contributed by atoms with E-state index in [4.69, 9.17) is 16.3 Å². The number of aromatic nitrogens is 2. The first-order valence-corrected chi connectivity index (χ1v) is 5.50. The van der Waals surface area contributed by atoms with Gasteiger partial charge in [-0.2, -0.15) is 4.98 Å². The van der Waals surface area contributed by atoms with Crippen LogP contribution in [0.3, 0.4) is 0 Å². The smallest absolute Gasteiger partial charge is 0.239 e. The zero-order chi connectivity index (χ0) is 12.3. The Labute approximate surface area is 105 Å². The molecule has 17 heavy (non-hydrogen) atoms. The summed E-state index contributed by atoms with van der Waals surface area (Å²) < 4.78 is 5.63. The first kappa shape index (κ1) is 11.7. The summed E-state index contributed by atoms with van der Waals surface area (Å²) in [7, 11) is 1.78. The van der Waals surface area contributed by atoms with E-state index in [9.17, 15) is 0 Å². The zero-order valence-corrected chi connectivity index (χ0v) is 10.3.